The Bertz CT molecular complexity index is 329. The van der Waals surface area contributed by atoms with E-state index in [1.165, 1.54) is 0 Å². The molecule has 16 heavy (non-hydrogen) atoms. The van der Waals surface area contributed by atoms with Crippen molar-refractivity contribution >= 4 is 5.69 Å². The lowest BCUT2D eigenvalue weighted by atomic mass is 10.1. The van der Waals surface area contributed by atoms with Gasteiger partial charge < -0.3 is 15.6 Å². The van der Waals surface area contributed by atoms with Crippen molar-refractivity contribution in [2.75, 3.05) is 32.5 Å². The summed E-state index contributed by atoms with van der Waals surface area (Å²) in [5.41, 5.74) is 7.19. The lowest BCUT2D eigenvalue weighted by Gasteiger charge is -2.17. The molecule has 0 unspecified atom stereocenters. The van der Waals surface area contributed by atoms with Gasteiger partial charge >= 0.3 is 0 Å². The number of hydrogen-bond donors (Lipinski definition) is 2. The first-order valence-corrected chi connectivity index (χ1v) is 5.47. The summed E-state index contributed by atoms with van der Waals surface area (Å²) < 4.78 is 5.27. The number of ether oxygens (including phenoxy) is 1. The Labute approximate surface area is 96.6 Å². The van der Waals surface area contributed by atoms with Gasteiger partial charge in [-0.15, -0.1) is 0 Å². The number of hydrogen-bond acceptors (Lipinski definition) is 4. The van der Waals surface area contributed by atoms with Crippen molar-refractivity contribution in [3.63, 3.8) is 0 Å². The number of nitrogen functional groups attached to an aromatic ring is 1. The zero-order valence-corrected chi connectivity index (χ0v) is 9.94. The highest BCUT2D eigenvalue weighted by Crippen LogP contribution is 2.20. The number of phenols is 1. The Hall–Kier alpha value is -1.26. The van der Waals surface area contributed by atoms with Crippen LogP contribution in [0.1, 0.15) is 12.5 Å². The van der Waals surface area contributed by atoms with Gasteiger partial charge in [0, 0.05) is 30.9 Å². The minimum Gasteiger partial charge on any atom is -0.508 e. The molecular weight excluding hydrogens is 204 g/mol. The Balaban J connectivity index is 2.48. The molecule has 0 radical (unpaired) electrons. The minimum atomic E-state index is 0.289. The fraction of sp³-hybridized carbons (Fsp3) is 0.500. The van der Waals surface area contributed by atoms with Crippen molar-refractivity contribution in [2.45, 2.75) is 13.5 Å². The van der Waals surface area contributed by atoms with Crippen LogP contribution in [0.15, 0.2) is 18.2 Å². The normalized spacial score (nSPS) is 10.9. The molecule has 0 aliphatic rings. The first-order valence-electron chi connectivity index (χ1n) is 5.47. The molecule has 4 nitrogen and oxygen atoms in total. The smallest absolute Gasteiger partial charge is 0.120 e. The predicted molar refractivity (Wildman–Crippen MR) is 65.3 cm³/mol. The fourth-order valence-corrected chi connectivity index (χ4v) is 1.47. The van der Waals surface area contributed by atoms with E-state index in [1.807, 2.05) is 14.0 Å². The van der Waals surface area contributed by atoms with Gasteiger partial charge in [-0.3, -0.25) is 4.90 Å². The third-order valence-corrected chi connectivity index (χ3v) is 2.37. The number of nitrogens with zero attached hydrogens (tertiary/aromatic N) is 1. The quantitative estimate of drug-likeness (QED) is 0.436. The second kappa shape index (κ2) is 6.35. The van der Waals surface area contributed by atoms with Gasteiger partial charge in [-0.25, -0.2) is 0 Å². The van der Waals surface area contributed by atoms with Crippen LogP contribution in [-0.4, -0.2) is 36.8 Å². The van der Waals surface area contributed by atoms with Crippen molar-refractivity contribution in [1.82, 2.24) is 4.90 Å². The van der Waals surface area contributed by atoms with Crippen molar-refractivity contribution in [3.8, 4) is 5.75 Å². The highest BCUT2D eigenvalue weighted by atomic mass is 16.5. The van der Waals surface area contributed by atoms with E-state index in [1.54, 1.807) is 18.2 Å². The molecule has 4 heteroatoms. The van der Waals surface area contributed by atoms with Gasteiger partial charge in [0.15, 0.2) is 0 Å². The zero-order valence-electron chi connectivity index (χ0n) is 9.94. The van der Waals surface area contributed by atoms with Crippen molar-refractivity contribution in [3.05, 3.63) is 23.8 Å². The molecule has 0 aliphatic carbocycles. The summed E-state index contributed by atoms with van der Waals surface area (Å²) in [5, 5.41) is 9.64. The van der Waals surface area contributed by atoms with Gasteiger partial charge in [-0.2, -0.15) is 0 Å². The van der Waals surface area contributed by atoms with E-state index in [2.05, 4.69) is 4.90 Å². The first-order chi connectivity index (χ1) is 7.63. The Morgan fingerprint density at radius 3 is 2.88 bits per heavy atom. The summed E-state index contributed by atoms with van der Waals surface area (Å²) >= 11 is 0. The molecule has 0 atom stereocenters. The number of rotatable bonds is 6. The SMILES string of the molecule is CCOCCN(C)Cc1cc(N)ccc1O. The number of benzene rings is 1. The van der Waals surface area contributed by atoms with Gasteiger partial charge in [-0.05, 0) is 32.2 Å². The van der Waals surface area contributed by atoms with Gasteiger partial charge in [0.2, 0.25) is 0 Å². The van der Waals surface area contributed by atoms with Crippen LogP contribution in [0.5, 0.6) is 5.75 Å². The van der Waals surface area contributed by atoms with Crippen molar-refractivity contribution in [1.29, 1.82) is 0 Å². The topological polar surface area (TPSA) is 58.7 Å². The second-order valence-corrected chi connectivity index (χ2v) is 3.82. The van der Waals surface area contributed by atoms with Crippen LogP contribution in [0.3, 0.4) is 0 Å². The number of anilines is 1. The third kappa shape index (κ3) is 4.08. The highest BCUT2D eigenvalue weighted by molar-refractivity contribution is 5.47. The average Bonchev–Trinajstić information content (AvgIpc) is 2.24. The molecule has 0 fully saturated rings. The molecule has 0 aromatic heterocycles. The highest BCUT2D eigenvalue weighted by Gasteiger charge is 2.05. The molecule has 0 bridgehead atoms. The zero-order chi connectivity index (χ0) is 12.0. The van der Waals surface area contributed by atoms with E-state index in [4.69, 9.17) is 10.5 Å². The van der Waals surface area contributed by atoms with Gasteiger partial charge in [0.05, 0.1) is 6.61 Å². The van der Waals surface area contributed by atoms with Crippen LogP contribution < -0.4 is 5.73 Å². The van der Waals surface area contributed by atoms with E-state index in [-0.39, 0.29) is 5.75 Å². The molecule has 90 valence electrons. The predicted octanol–water partition coefficient (Wildman–Crippen LogP) is 1.44. The fourth-order valence-electron chi connectivity index (χ4n) is 1.47. The second-order valence-electron chi connectivity index (χ2n) is 3.82. The van der Waals surface area contributed by atoms with E-state index in [0.29, 0.717) is 18.8 Å². The van der Waals surface area contributed by atoms with Crippen molar-refractivity contribution in [2.24, 2.45) is 0 Å². The minimum absolute atomic E-state index is 0.289. The maximum atomic E-state index is 9.64. The van der Waals surface area contributed by atoms with Gasteiger partial charge in [0.1, 0.15) is 5.75 Å². The number of aromatic hydroxyl groups is 1. The Kier molecular flexibility index (Phi) is 5.08. The molecule has 0 heterocycles. The summed E-state index contributed by atoms with van der Waals surface area (Å²) in [5.74, 6) is 0.289. The van der Waals surface area contributed by atoms with Gasteiger partial charge in [-0.1, -0.05) is 0 Å². The standard InChI is InChI=1S/C12H20N2O2/c1-3-16-7-6-14(2)9-10-8-11(13)4-5-12(10)15/h4-5,8,15H,3,6-7,9,13H2,1-2H3. The lowest BCUT2D eigenvalue weighted by Crippen LogP contribution is -2.22. The van der Waals surface area contributed by atoms with Gasteiger partial charge in [0.25, 0.3) is 0 Å². The molecular formula is C12H20N2O2. The molecule has 0 aliphatic heterocycles. The molecule has 3 N–H and O–H groups in total. The molecule has 0 amide bonds. The summed E-state index contributed by atoms with van der Waals surface area (Å²) in [4.78, 5) is 2.09. The molecule has 1 aromatic rings. The van der Waals surface area contributed by atoms with Crippen LogP contribution in [0.2, 0.25) is 0 Å². The summed E-state index contributed by atoms with van der Waals surface area (Å²) in [6.07, 6.45) is 0. The maximum Gasteiger partial charge on any atom is 0.120 e. The molecule has 1 aromatic carbocycles. The van der Waals surface area contributed by atoms with Crippen LogP contribution in [-0.2, 0) is 11.3 Å². The van der Waals surface area contributed by atoms with Crippen LogP contribution in [0.25, 0.3) is 0 Å². The summed E-state index contributed by atoms with van der Waals surface area (Å²) in [6.45, 7) is 4.92. The number of phenolic OH excluding ortho intramolecular Hbond substituents is 1. The third-order valence-electron chi connectivity index (χ3n) is 2.37. The molecule has 0 saturated heterocycles. The van der Waals surface area contributed by atoms with E-state index < -0.39 is 0 Å². The van der Waals surface area contributed by atoms with Crippen LogP contribution in [0.4, 0.5) is 5.69 Å². The Morgan fingerprint density at radius 1 is 1.44 bits per heavy atom. The maximum absolute atomic E-state index is 9.64. The monoisotopic (exact) mass is 224 g/mol. The number of nitrogens with two attached hydrogens (primary N) is 1. The van der Waals surface area contributed by atoms with E-state index >= 15 is 0 Å². The summed E-state index contributed by atoms with van der Waals surface area (Å²) in [6, 6.07) is 5.12. The van der Waals surface area contributed by atoms with Crippen LogP contribution in [0, 0.1) is 0 Å². The largest absolute Gasteiger partial charge is 0.508 e. The van der Waals surface area contributed by atoms with Crippen LogP contribution >= 0.6 is 0 Å². The lowest BCUT2D eigenvalue weighted by molar-refractivity contribution is 0.120. The van der Waals surface area contributed by atoms with Crippen molar-refractivity contribution < 1.29 is 9.84 Å². The Morgan fingerprint density at radius 2 is 2.19 bits per heavy atom. The average molecular weight is 224 g/mol. The van der Waals surface area contributed by atoms with E-state index in [9.17, 15) is 5.11 Å². The number of likely N-dealkylation sites (N-methyl/N-ethyl adjacent to an activating group) is 1. The first kappa shape index (κ1) is 12.8. The summed E-state index contributed by atoms with van der Waals surface area (Å²) in [7, 11) is 1.99. The van der Waals surface area contributed by atoms with E-state index in [0.717, 1.165) is 18.7 Å². The molecule has 0 spiro atoms. The molecule has 0 saturated carbocycles. The molecule has 1 rings (SSSR count).